The number of ether oxygens (including phenoxy) is 4. The molecule has 2 aliphatic heterocycles. The first-order chi connectivity index (χ1) is 30.6. The quantitative estimate of drug-likeness (QED) is 0.0626. The SMILES string of the molecule is C.O=C(O)CCC(=O)O[C@@H](COc1ccc(CC2SC(=O)CC2=O)cc1)c1cccc(Cl)c1.O=C(O)CCC(=O)O[C@H](COc1ccc(CC2SC(=O)CC2=O)cc1)c1cccc(Cl)c1. The zero-order valence-electron chi connectivity index (χ0n) is 34.0. The molecule has 2 aliphatic rings. The van der Waals surface area contributed by atoms with Crippen LogP contribution >= 0.6 is 46.7 Å². The Morgan fingerprint density at radius 1 is 0.569 bits per heavy atom. The second kappa shape index (κ2) is 25.7. The van der Waals surface area contributed by atoms with Gasteiger partial charge in [0, 0.05) is 10.0 Å². The van der Waals surface area contributed by atoms with Gasteiger partial charge < -0.3 is 29.2 Å². The lowest BCUT2D eigenvalue weighted by Gasteiger charge is -2.19. The smallest absolute Gasteiger partial charge is 0.307 e. The van der Waals surface area contributed by atoms with Crippen molar-refractivity contribution in [3.63, 3.8) is 0 Å². The van der Waals surface area contributed by atoms with E-state index in [2.05, 4.69) is 0 Å². The van der Waals surface area contributed by atoms with Gasteiger partial charge in [-0.05, 0) is 83.6 Å². The summed E-state index contributed by atoms with van der Waals surface area (Å²) >= 11 is 14.3. The summed E-state index contributed by atoms with van der Waals surface area (Å²) in [6.07, 6.45) is -1.75. The lowest BCUT2D eigenvalue weighted by Crippen LogP contribution is -2.19. The van der Waals surface area contributed by atoms with Crippen molar-refractivity contribution >= 4 is 92.4 Å². The summed E-state index contributed by atoms with van der Waals surface area (Å²) in [7, 11) is 0. The molecule has 14 nitrogen and oxygen atoms in total. The third kappa shape index (κ3) is 17.7. The Hall–Kier alpha value is -5.68. The van der Waals surface area contributed by atoms with Crippen molar-refractivity contribution in [3.05, 3.63) is 129 Å². The van der Waals surface area contributed by atoms with Crippen LogP contribution in [0.5, 0.6) is 11.5 Å². The van der Waals surface area contributed by atoms with Crippen LogP contribution in [0.25, 0.3) is 0 Å². The van der Waals surface area contributed by atoms with Crippen molar-refractivity contribution in [2.24, 2.45) is 0 Å². The summed E-state index contributed by atoms with van der Waals surface area (Å²) < 4.78 is 22.5. The van der Waals surface area contributed by atoms with Crippen LogP contribution in [0.1, 0.15) is 80.4 Å². The highest BCUT2D eigenvalue weighted by atomic mass is 35.5. The maximum absolute atomic E-state index is 12.1. The molecule has 0 aromatic heterocycles. The zero-order valence-corrected chi connectivity index (χ0v) is 37.1. The van der Waals surface area contributed by atoms with Crippen LogP contribution in [0.2, 0.25) is 10.0 Å². The van der Waals surface area contributed by atoms with Crippen LogP contribution in [-0.2, 0) is 60.7 Å². The topological polar surface area (TPSA) is 214 Å². The van der Waals surface area contributed by atoms with Crippen molar-refractivity contribution in [1.82, 2.24) is 0 Å². The first kappa shape index (κ1) is 51.9. The summed E-state index contributed by atoms with van der Waals surface area (Å²) in [6.45, 7) is 0.00787. The van der Waals surface area contributed by atoms with Gasteiger partial charge in [0.1, 0.15) is 24.7 Å². The first-order valence-electron chi connectivity index (χ1n) is 19.8. The number of halogens is 2. The van der Waals surface area contributed by atoms with Crippen LogP contribution in [0.3, 0.4) is 0 Å². The van der Waals surface area contributed by atoms with Gasteiger partial charge in [0.2, 0.25) is 0 Å². The third-order valence-corrected chi connectivity index (χ3v) is 12.2. The number of hydrogen-bond donors (Lipinski definition) is 2. The van der Waals surface area contributed by atoms with E-state index in [1.807, 2.05) is 24.3 Å². The molecule has 2 heterocycles. The largest absolute Gasteiger partial charge is 0.489 e. The number of esters is 2. The number of thioether (sulfide) groups is 2. The molecule has 0 bridgehead atoms. The van der Waals surface area contributed by atoms with Gasteiger partial charge >= 0.3 is 23.9 Å². The molecule has 0 saturated carbocycles. The Morgan fingerprint density at radius 3 is 1.25 bits per heavy atom. The van der Waals surface area contributed by atoms with E-state index in [4.69, 9.17) is 52.4 Å². The number of aliphatic carboxylic acids is 2. The number of carboxylic acids is 2. The van der Waals surface area contributed by atoms with E-state index in [0.717, 1.165) is 34.7 Å². The van der Waals surface area contributed by atoms with E-state index in [9.17, 15) is 38.4 Å². The summed E-state index contributed by atoms with van der Waals surface area (Å²) in [6, 6.07) is 27.8. The van der Waals surface area contributed by atoms with Crippen molar-refractivity contribution in [1.29, 1.82) is 0 Å². The molecule has 2 saturated heterocycles. The number of ketones is 2. The summed E-state index contributed by atoms with van der Waals surface area (Å²) in [5.41, 5.74) is 3.06. The minimum absolute atomic E-state index is 0. The molecule has 2 N–H and O–H groups in total. The standard InChI is InChI=1S/2C23H21ClO7S.CH4/c2*24-16-3-1-2-15(11-16)19(31-22(28)9-8-21(26)27)13-30-17-6-4-14(5-7-17)10-20-18(25)12-23(29)32-20;/h2*1-7,11,19-20H,8-10,12-13H2,(H,26,27);1H4/t2*19-,20?;/m10./s1. The molecule has 0 spiro atoms. The maximum atomic E-state index is 12.1. The van der Waals surface area contributed by atoms with E-state index in [1.54, 1.807) is 72.8 Å². The summed E-state index contributed by atoms with van der Waals surface area (Å²) in [5.74, 6) is -2.50. The molecule has 4 atom stereocenters. The Morgan fingerprint density at radius 2 is 0.938 bits per heavy atom. The van der Waals surface area contributed by atoms with Crippen molar-refractivity contribution < 1.29 is 67.5 Å². The van der Waals surface area contributed by atoms with Gasteiger partial charge in [-0.15, -0.1) is 0 Å². The fraction of sp³-hybridized carbons (Fsp3) is 0.319. The van der Waals surface area contributed by atoms with Gasteiger partial charge in [0.25, 0.3) is 0 Å². The van der Waals surface area contributed by atoms with E-state index in [-0.39, 0.29) is 91.5 Å². The molecule has 0 aliphatic carbocycles. The summed E-state index contributed by atoms with van der Waals surface area (Å²) in [5, 5.41) is 17.6. The van der Waals surface area contributed by atoms with E-state index in [0.29, 0.717) is 45.5 Å². The average molecular weight is 970 g/mol. The van der Waals surface area contributed by atoms with Crippen molar-refractivity contribution in [3.8, 4) is 11.5 Å². The Kier molecular flexibility index (Phi) is 20.6. The molecular weight excluding hydrogens is 924 g/mol. The fourth-order valence-electron chi connectivity index (χ4n) is 6.23. The Balaban J connectivity index is 0.000000280. The van der Waals surface area contributed by atoms with Gasteiger partial charge in [0.15, 0.2) is 34.0 Å². The van der Waals surface area contributed by atoms with Gasteiger partial charge in [-0.25, -0.2) is 0 Å². The normalized spacial score (nSPS) is 16.3. The van der Waals surface area contributed by atoms with E-state index >= 15 is 0 Å². The minimum Gasteiger partial charge on any atom is -0.489 e. The van der Waals surface area contributed by atoms with Crippen LogP contribution in [-0.4, -0.2) is 79.6 Å². The second-order valence-corrected chi connectivity index (χ2v) is 17.8. The molecule has 0 amide bonds. The number of rotatable bonds is 20. The molecule has 0 radical (unpaired) electrons. The highest BCUT2D eigenvalue weighted by Gasteiger charge is 2.33. The van der Waals surface area contributed by atoms with Gasteiger partial charge in [-0.3, -0.25) is 38.4 Å². The van der Waals surface area contributed by atoms with Crippen LogP contribution < -0.4 is 9.47 Å². The number of hydrogen-bond acceptors (Lipinski definition) is 14. The predicted octanol–water partition coefficient (Wildman–Crippen LogP) is 8.66. The second-order valence-electron chi connectivity index (χ2n) is 14.4. The first-order valence-corrected chi connectivity index (χ1v) is 22.3. The van der Waals surface area contributed by atoms with Gasteiger partial charge in [-0.2, -0.15) is 0 Å². The zero-order chi connectivity index (χ0) is 46.2. The molecule has 344 valence electrons. The number of carbonyl (C=O) groups excluding carboxylic acids is 6. The maximum Gasteiger partial charge on any atom is 0.307 e. The monoisotopic (exact) mass is 968 g/mol. The van der Waals surface area contributed by atoms with E-state index in [1.165, 1.54) is 0 Å². The minimum atomic E-state index is -1.08. The molecule has 2 unspecified atom stereocenters. The summed E-state index contributed by atoms with van der Waals surface area (Å²) in [4.78, 5) is 91.9. The van der Waals surface area contributed by atoms with Crippen LogP contribution in [0.4, 0.5) is 0 Å². The highest BCUT2D eigenvalue weighted by Crippen LogP contribution is 2.31. The number of carbonyl (C=O) groups is 8. The molecule has 6 rings (SSSR count). The number of carboxylic acid groups (broad SMARTS) is 2. The number of Topliss-reactive ketones (excluding diaryl/α,β-unsaturated/α-hetero) is 2. The predicted molar refractivity (Wildman–Crippen MR) is 244 cm³/mol. The molecular formula is C47H46Cl2O14S2. The third-order valence-electron chi connectivity index (χ3n) is 9.47. The molecule has 18 heteroatoms. The fourth-order valence-corrected chi connectivity index (χ4v) is 8.70. The molecule has 2 fully saturated rings. The lowest BCUT2D eigenvalue weighted by molar-refractivity contribution is -0.154. The van der Waals surface area contributed by atoms with Gasteiger partial charge in [0.05, 0.1) is 49.0 Å². The van der Waals surface area contributed by atoms with Crippen molar-refractivity contribution in [2.45, 2.75) is 81.5 Å². The Labute approximate surface area is 393 Å². The molecule has 65 heavy (non-hydrogen) atoms. The molecule has 4 aromatic carbocycles. The number of benzene rings is 4. The van der Waals surface area contributed by atoms with Crippen LogP contribution in [0, 0.1) is 0 Å². The van der Waals surface area contributed by atoms with Crippen molar-refractivity contribution in [2.75, 3.05) is 13.2 Å². The van der Waals surface area contributed by atoms with Gasteiger partial charge in [-0.1, -0.05) is 103 Å². The highest BCUT2D eigenvalue weighted by molar-refractivity contribution is 8.15. The molecule has 4 aromatic rings. The van der Waals surface area contributed by atoms with Crippen LogP contribution in [0.15, 0.2) is 97.1 Å². The average Bonchev–Trinajstić information content (AvgIpc) is 3.75. The Bertz CT molecular complexity index is 2170. The van der Waals surface area contributed by atoms with E-state index < -0.39 is 36.1 Å². The lowest BCUT2D eigenvalue weighted by atomic mass is 10.1.